The van der Waals surface area contributed by atoms with Crippen molar-refractivity contribution in [3.63, 3.8) is 0 Å². The second kappa shape index (κ2) is 5.37. The molecule has 0 amide bonds. The summed E-state index contributed by atoms with van der Waals surface area (Å²) in [6.45, 7) is 0.0433. The number of carbonyl (C=O) groups excluding carboxylic acids is 1. The molecular weight excluding hydrogens is 260 g/mol. The van der Waals surface area contributed by atoms with Gasteiger partial charge in [0.25, 0.3) is 0 Å². The van der Waals surface area contributed by atoms with Gasteiger partial charge in [-0.1, -0.05) is 15.9 Å². The van der Waals surface area contributed by atoms with E-state index in [1.54, 1.807) is 18.2 Å². The Morgan fingerprint density at radius 3 is 3.00 bits per heavy atom. The summed E-state index contributed by atoms with van der Waals surface area (Å²) in [6.07, 6.45) is 0. The van der Waals surface area contributed by atoms with Crippen molar-refractivity contribution >= 4 is 27.6 Å². The van der Waals surface area contributed by atoms with Crippen LogP contribution in [0.3, 0.4) is 0 Å². The van der Waals surface area contributed by atoms with E-state index in [-0.39, 0.29) is 12.5 Å². The lowest BCUT2D eigenvalue weighted by Crippen LogP contribution is -2.15. The summed E-state index contributed by atoms with van der Waals surface area (Å²) in [7, 11) is 1.32. The Balaban J connectivity index is 2.80. The molecule has 0 atom stereocenters. The Morgan fingerprint density at radius 2 is 2.40 bits per heavy atom. The van der Waals surface area contributed by atoms with Crippen molar-refractivity contribution in [1.82, 2.24) is 0 Å². The molecule has 0 spiro atoms. The maximum absolute atomic E-state index is 10.9. The number of halogens is 1. The summed E-state index contributed by atoms with van der Waals surface area (Å²) >= 11 is 3.28. The van der Waals surface area contributed by atoms with Crippen LogP contribution >= 0.6 is 15.9 Å². The minimum atomic E-state index is -0.376. The maximum Gasteiger partial charge on any atom is 0.325 e. The fraction of sp³-hybridized carbons (Fsp3) is 0.200. The molecule has 5 heteroatoms. The molecule has 0 aromatic heterocycles. The summed E-state index contributed by atoms with van der Waals surface area (Å²) in [5.74, 6) is -0.376. The number of carbonyl (C=O) groups is 1. The average Bonchev–Trinajstić information content (AvgIpc) is 2.26. The first kappa shape index (κ1) is 11.5. The third-order valence-electron chi connectivity index (χ3n) is 1.75. The van der Waals surface area contributed by atoms with E-state index in [0.29, 0.717) is 11.3 Å². The van der Waals surface area contributed by atoms with Gasteiger partial charge >= 0.3 is 5.97 Å². The molecule has 15 heavy (non-hydrogen) atoms. The quantitative estimate of drug-likeness (QED) is 0.851. The standard InChI is InChI=1S/C10H9BrN2O2/c1-15-10(14)6-13-9-4-8(11)3-2-7(9)5-12/h2-4,13H,6H2,1H3. The summed E-state index contributed by atoms with van der Waals surface area (Å²) in [6, 6.07) is 7.20. The van der Waals surface area contributed by atoms with Crippen LogP contribution in [-0.2, 0) is 9.53 Å². The summed E-state index contributed by atoms with van der Waals surface area (Å²) < 4.78 is 5.32. The van der Waals surface area contributed by atoms with E-state index in [0.717, 1.165) is 4.47 Å². The number of hydrogen-bond donors (Lipinski definition) is 1. The maximum atomic E-state index is 10.9. The van der Waals surface area contributed by atoms with Gasteiger partial charge in [0, 0.05) is 4.47 Å². The predicted molar refractivity (Wildman–Crippen MR) is 59.4 cm³/mol. The van der Waals surface area contributed by atoms with Gasteiger partial charge < -0.3 is 10.1 Å². The van der Waals surface area contributed by atoms with Crippen LogP contribution in [0.15, 0.2) is 22.7 Å². The molecule has 78 valence electrons. The Labute approximate surface area is 96.0 Å². The van der Waals surface area contributed by atoms with E-state index in [4.69, 9.17) is 5.26 Å². The average molecular weight is 269 g/mol. The van der Waals surface area contributed by atoms with Gasteiger partial charge in [-0.3, -0.25) is 4.79 Å². The molecule has 0 heterocycles. The summed E-state index contributed by atoms with van der Waals surface area (Å²) in [5.41, 5.74) is 1.10. The number of nitrogens with zero attached hydrogens (tertiary/aromatic N) is 1. The molecular formula is C10H9BrN2O2. The Kier molecular flexibility index (Phi) is 4.13. The first-order valence-corrected chi connectivity index (χ1v) is 4.97. The predicted octanol–water partition coefficient (Wildman–Crippen LogP) is 1.91. The van der Waals surface area contributed by atoms with Crippen LogP contribution in [0.1, 0.15) is 5.56 Å². The van der Waals surface area contributed by atoms with Crippen molar-refractivity contribution < 1.29 is 9.53 Å². The second-order valence-corrected chi connectivity index (χ2v) is 3.65. The number of hydrogen-bond acceptors (Lipinski definition) is 4. The SMILES string of the molecule is COC(=O)CNc1cc(Br)ccc1C#N. The number of nitrogens with one attached hydrogen (secondary N) is 1. The van der Waals surface area contributed by atoms with Crippen molar-refractivity contribution in [3.05, 3.63) is 28.2 Å². The lowest BCUT2D eigenvalue weighted by atomic mass is 10.2. The van der Waals surface area contributed by atoms with Crippen LogP contribution < -0.4 is 5.32 Å². The van der Waals surface area contributed by atoms with Crippen molar-refractivity contribution in [2.75, 3.05) is 19.0 Å². The smallest absolute Gasteiger partial charge is 0.325 e. The highest BCUT2D eigenvalue weighted by molar-refractivity contribution is 9.10. The van der Waals surface area contributed by atoms with Crippen LogP contribution in [0.2, 0.25) is 0 Å². The molecule has 0 radical (unpaired) electrons. The first-order chi connectivity index (χ1) is 7.17. The topological polar surface area (TPSA) is 62.1 Å². The van der Waals surface area contributed by atoms with Gasteiger partial charge in [-0.05, 0) is 18.2 Å². The lowest BCUT2D eigenvalue weighted by molar-refractivity contribution is -0.138. The number of methoxy groups -OCH3 is 1. The van der Waals surface area contributed by atoms with Gasteiger partial charge in [0.15, 0.2) is 0 Å². The molecule has 0 aliphatic carbocycles. The van der Waals surface area contributed by atoms with E-state index < -0.39 is 0 Å². The zero-order valence-corrected chi connectivity index (χ0v) is 9.67. The zero-order chi connectivity index (χ0) is 11.3. The largest absolute Gasteiger partial charge is 0.468 e. The molecule has 4 nitrogen and oxygen atoms in total. The number of anilines is 1. The highest BCUT2D eigenvalue weighted by Gasteiger charge is 2.04. The summed E-state index contributed by atoms with van der Waals surface area (Å²) in [4.78, 5) is 10.9. The van der Waals surface area contributed by atoms with E-state index in [1.165, 1.54) is 7.11 Å². The summed E-state index contributed by atoms with van der Waals surface area (Å²) in [5, 5.41) is 11.6. The highest BCUT2D eigenvalue weighted by Crippen LogP contribution is 2.20. The van der Waals surface area contributed by atoms with Gasteiger partial charge in [-0.2, -0.15) is 5.26 Å². The monoisotopic (exact) mass is 268 g/mol. The molecule has 0 fully saturated rings. The third kappa shape index (κ3) is 3.26. The van der Waals surface area contributed by atoms with E-state index in [1.807, 2.05) is 6.07 Å². The molecule has 1 aromatic carbocycles. The molecule has 0 saturated carbocycles. The molecule has 0 unspecified atom stereocenters. The van der Waals surface area contributed by atoms with Crippen LogP contribution in [-0.4, -0.2) is 19.6 Å². The van der Waals surface area contributed by atoms with E-state index in [2.05, 4.69) is 26.0 Å². The Hall–Kier alpha value is -1.54. The van der Waals surface area contributed by atoms with Gasteiger partial charge in [-0.15, -0.1) is 0 Å². The Bertz CT molecular complexity index is 412. The molecule has 0 saturated heterocycles. The first-order valence-electron chi connectivity index (χ1n) is 4.17. The van der Waals surface area contributed by atoms with Gasteiger partial charge in [0.2, 0.25) is 0 Å². The van der Waals surface area contributed by atoms with Crippen molar-refractivity contribution in [2.24, 2.45) is 0 Å². The number of benzene rings is 1. The molecule has 1 N–H and O–H groups in total. The molecule has 0 aliphatic rings. The molecule has 1 aromatic rings. The fourth-order valence-electron chi connectivity index (χ4n) is 1.000. The second-order valence-electron chi connectivity index (χ2n) is 2.73. The minimum absolute atomic E-state index is 0.0433. The van der Waals surface area contributed by atoms with Gasteiger partial charge in [0.05, 0.1) is 18.4 Å². The van der Waals surface area contributed by atoms with Crippen molar-refractivity contribution in [3.8, 4) is 6.07 Å². The number of ether oxygens (including phenoxy) is 1. The zero-order valence-electron chi connectivity index (χ0n) is 8.08. The van der Waals surface area contributed by atoms with E-state index >= 15 is 0 Å². The number of nitriles is 1. The molecule has 0 bridgehead atoms. The highest BCUT2D eigenvalue weighted by atomic mass is 79.9. The van der Waals surface area contributed by atoms with E-state index in [9.17, 15) is 4.79 Å². The van der Waals surface area contributed by atoms with Crippen molar-refractivity contribution in [1.29, 1.82) is 5.26 Å². The number of rotatable bonds is 3. The fourth-order valence-corrected chi connectivity index (χ4v) is 1.36. The lowest BCUT2D eigenvalue weighted by Gasteiger charge is -2.07. The minimum Gasteiger partial charge on any atom is -0.468 e. The van der Waals surface area contributed by atoms with Crippen LogP contribution in [0.5, 0.6) is 0 Å². The molecule has 0 aliphatic heterocycles. The van der Waals surface area contributed by atoms with Crippen LogP contribution in [0.4, 0.5) is 5.69 Å². The molecule has 1 rings (SSSR count). The normalized spacial score (nSPS) is 9.13. The van der Waals surface area contributed by atoms with Gasteiger partial charge in [-0.25, -0.2) is 0 Å². The van der Waals surface area contributed by atoms with Gasteiger partial charge in [0.1, 0.15) is 12.6 Å². The van der Waals surface area contributed by atoms with Crippen LogP contribution in [0.25, 0.3) is 0 Å². The van der Waals surface area contributed by atoms with Crippen molar-refractivity contribution in [2.45, 2.75) is 0 Å². The Morgan fingerprint density at radius 1 is 1.67 bits per heavy atom. The van der Waals surface area contributed by atoms with Crippen LogP contribution in [0, 0.1) is 11.3 Å². The third-order valence-corrected chi connectivity index (χ3v) is 2.25. The number of esters is 1.